The molecule has 256 valence electrons. The first-order valence-corrected chi connectivity index (χ1v) is 14.6. The second kappa shape index (κ2) is 15.4. The van der Waals surface area contributed by atoms with Crippen molar-refractivity contribution in [3.05, 3.63) is 81.4 Å². The van der Waals surface area contributed by atoms with Gasteiger partial charge in [0, 0.05) is 25.1 Å². The van der Waals surface area contributed by atoms with Crippen molar-refractivity contribution < 1.29 is 41.5 Å². The molecule has 0 unspecified atom stereocenters. The van der Waals surface area contributed by atoms with E-state index in [1.54, 1.807) is 49.4 Å². The number of H-pyrrole nitrogens is 1. The lowest BCUT2D eigenvalue weighted by molar-refractivity contribution is -0.757. The molecular formula is C29H30F5N9O5. The van der Waals surface area contributed by atoms with Crippen molar-refractivity contribution in [3.63, 3.8) is 0 Å². The highest BCUT2D eigenvalue weighted by Crippen LogP contribution is 2.45. The van der Waals surface area contributed by atoms with E-state index in [1.807, 2.05) is 6.07 Å². The van der Waals surface area contributed by atoms with Gasteiger partial charge in [-0.2, -0.15) is 27.2 Å². The highest BCUT2D eigenvalue weighted by Gasteiger charge is 2.62. The molecule has 4 aromatic rings. The van der Waals surface area contributed by atoms with Crippen LogP contribution in [0.4, 0.5) is 22.0 Å². The fourth-order valence-electron chi connectivity index (χ4n) is 4.75. The highest BCUT2D eigenvalue weighted by molar-refractivity contribution is 5.96. The molecule has 0 aliphatic carbocycles. The number of aromatic amines is 1. The number of unbranched alkanes of at least 4 members (excludes halogenated alkanes) is 1. The van der Waals surface area contributed by atoms with Crippen LogP contribution < -0.4 is 10.6 Å². The van der Waals surface area contributed by atoms with Crippen molar-refractivity contribution in [1.29, 1.82) is 0 Å². The van der Waals surface area contributed by atoms with Crippen LogP contribution in [0.2, 0.25) is 0 Å². The van der Waals surface area contributed by atoms with Crippen LogP contribution in [0, 0.1) is 10.1 Å². The molecule has 14 nitrogen and oxygen atoms in total. The summed E-state index contributed by atoms with van der Waals surface area (Å²) in [7, 11) is 0. The zero-order valence-corrected chi connectivity index (χ0v) is 25.4. The van der Waals surface area contributed by atoms with Gasteiger partial charge in [0.05, 0.1) is 13.2 Å². The number of benzene rings is 2. The number of tetrazole rings is 1. The maximum Gasteiger partial charge on any atom is 0.459 e. The molecule has 4 rings (SSSR count). The smallest absolute Gasteiger partial charge is 0.355 e. The molecule has 0 radical (unpaired) electrons. The average Bonchev–Trinajstić information content (AvgIpc) is 3.71. The summed E-state index contributed by atoms with van der Waals surface area (Å²) in [6.45, 7) is 0.482. The molecule has 48 heavy (non-hydrogen) atoms. The molecule has 19 heteroatoms. The Balaban J connectivity index is 1.60. The van der Waals surface area contributed by atoms with Crippen LogP contribution in [0.1, 0.15) is 53.8 Å². The largest absolute Gasteiger partial charge is 0.459 e. The number of hydrogen-bond acceptors (Lipinski definition) is 9. The average molecular weight is 680 g/mol. The third-order valence-corrected chi connectivity index (χ3v) is 7.01. The van der Waals surface area contributed by atoms with Crippen LogP contribution in [0.25, 0.3) is 22.5 Å². The maximum atomic E-state index is 14.8. The molecule has 2 aromatic carbocycles. The zero-order chi connectivity index (χ0) is 34.9. The van der Waals surface area contributed by atoms with E-state index in [0.29, 0.717) is 23.4 Å². The van der Waals surface area contributed by atoms with Gasteiger partial charge in [0.25, 0.3) is 11.0 Å². The van der Waals surface area contributed by atoms with E-state index in [0.717, 1.165) is 15.7 Å². The SMILES string of the molecule is CCCc1nc(C(F)(F)C(F)(F)F)c(C(=O)NCC(=O)NCCCCO[N+](=O)[O-])n1Cc1ccc(-c2ccccc2-c2nn[nH]n2)cc1. The maximum absolute atomic E-state index is 14.8. The number of carbonyl (C=O) groups is 2. The van der Waals surface area contributed by atoms with Gasteiger partial charge in [0.1, 0.15) is 11.5 Å². The summed E-state index contributed by atoms with van der Waals surface area (Å²) >= 11 is 0. The van der Waals surface area contributed by atoms with Gasteiger partial charge in [0.2, 0.25) is 11.7 Å². The number of imidazole rings is 1. The molecule has 0 aliphatic heterocycles. The van der Waals surface area contributed by atoms with Crippen LogP contribution in [0.3, 0.4) is 0 Å². The lowest BCUT2D eigenvalue weighted by Crippen LogP contribution is -2.40. The molecule has 0 saturated heterocycles. The predicted molar refractivity (Wildman–Crippen MR) is 158 cm³/mol. The fourth-order valence-corrected chi connectivity index (χ4v) is 4.75. The van der Waals surface area contributed by atoms with Crippen molar-refractivity contribution in [2.24, 2.45) is 0 Å². The summed E-state index contributed by atoms with van der Waals surface area (Å²) in [5, 5.41) is 27.7. The number of amides is 2. The van der Waals surface area contributed by atoms with Gasteiger partial charge in [-0.3, -0.25) is 9.59 Å². The summed E-state index contributed by atoms with van der Waals surface area (Å²) in [5.74, 6) is -7.43. The zero-order valence-electron chi connectivity index (χ0n) is 25.4. The summed E-state index contributed by atoms with van der Waals surface area (Å²) in [4.78, 5) is 43.5. The molecular weight excluding hydrogens is 649 g/mol. The molecule has 2 amide bonds. The monoisotopic (exact) mass is 679 g/mol. The van der Waals surface area contributed by atoms with Gasteiger partial charge in [0.15, 0.2) is 5.69 Å². The van der Waals surface area contributed by atoms with E-state index in [9.17, 15) is 41.7 Å². The second-order valence-electron chi connectivity index (χ2n) is 10.4. The first-order valence-electron chi connectivity index (χ1n) is 14.6. The Morgan fingerprint density at radius 1 is 1.02 bits per heavy atom. The van der Waals surface area contributed by atoms with Gasteiger partial charge < -0.3 is 20.0 Å². The minimum absolute atomic E-state index is 0.0228. The number of aryl methyl sites for hydroxylation is 1. The van der Waals surface area contributed by atoms with E-state index in [1.165, 1.54) is 0 Å². The van der Waals surface area contributed by atoms with Crippen molar-refractivity contribution in [2.45, 2.75) is 51.3 Å². The van der Waals surface area contributed by atoms with Gasteiger partial charge in [-0.25, -0.2) is 4.98 Å². The quantitative estimate of drug-likeness (QED) is 0.0676. The van der Waals surface area contributed by atoms with E-state index in [2.05, 4.69) is 41.1 Å². The Bertz CT molecular complexity index is 1710. The molecule has 3 N–H and O–H groups in total. The molecule has 0 spiro atoms. The Hall–Kier alpha value is -5.49. The lowest BCUT2D eigenvalue weighted by atomic mass is 9.98. The molecule has 0 aliphatic rings. The Morgan fingerprint density at radius 2 is 1.73 bits per heavy atom. The Morgan fingerprint density at radius 3 is 2.35 bits per heavy atom. The van der Waals surface area contributed by atoms with Crippen molar-refractivity contribution in [1.82, 2.24) is 40.8 Å². The molecule has 0 atom stereocenters. The lowest BCUT2D eigenvalue weighted by Gasteiger charge is -2.19. The van der Waals surface area contributed by atoms with E-state index in [4.69, 9.17) is 0 Å². The van der Waals surface area contributed by atoms with E-state index in [-0.39, 0.29) is 44.8 Å². The normalized spacial score (nSPS) is 11.7. The van der Waals surface area contributed by atoms with E-state index >= 15 is 0 Å². The Labute approximate surface area is 269 Å². The van der Waals surface area contributed by atoms with Gasteiger partial charge >= 0.3 is 12.1 Å². The summed E-state index contributed by atoms with van der Waals surface area (Å²) in [6, 6.07) is 13.9. The number of aromatic nitrogens is 6. The number of hydrogen-bond donors (Lipinski definition) is 3. The van der Waals surface area contributed by atoms with Crippen molar-refractivity contribution in [2.75, 3.05) is 19.7 Å². The minimum Gasteiger partial charge on any atom is -0.355 e. The minimum atomic E-state index is -6.06. The third-order valence-electron chi connectivity index (χ3n) is 7.01. The van der Waals surface area contributed by atoms with Gasteiger partial charge in [-0.15, -0.1) is 20.3 Å². The molecule has 0 bridgehead atoms. The van der Waals surface area contributed by atoms with Crippen molar-refractivity contribution in [3.8, 4) is 22.5 Å². The fraction of sp³-hybridized carbons (Fsp3) is 0.379. The highest BCUT2D eigenvalue weighted by atomic mass is 19.4. The number of alkyl halides is 5. The van der Waals surface area contributed by atoms with Crippen LogP contribution in [-0.4, -0.2) is 72.9 Å². The number of nitrogens with zero attached hydrogens (tertiary/aromatic N) is 6. The summed E-state index contributed by atoms with van der Waals surface area (Å²) in [5.41, 5.74) is -0.206. The molecule has 2 heterocycles. The first-order chi connectivity index (χ1) is 22.8. The van der Waals surface area contributed by atoms with Gasteiger partial charge in [-0.05, 0) is 41.2 Å². The second-order valence-corrected chi connectivity index (χ2v) is 10.4. The molecule has 0 fully saturated rings. The third kappa shape index (κ3) is 8.45. The standard InChI is InChI=1S/C29H30F5N9O5/c1-2-7-22-37-25(28(30,31)29(32,33)34)24(27(45)36-16-23(44)35-14-5-6-15-48-43(46)47)42(22)17-18-10-12-19(13-11-18)20-8-3-4-9-21(20)26-38-40-41-39-26/h3-4,8-13H,2,5-7,14-17H2,1H3,(H,35,44)(H,36,45)(H,38,39,40,41). The number of halogens is 5. The first kappa shape index (κ1) is 35.4. The topological polar surface area (TPSA) is 183 Å². The van der Waals surface area contributed by atoms with Gasteiger partial charge in [-0.1, -0.05) is 55.5 Å². The Kier molecular flexibility index (Phi) is 11.3. The number of nitrogens with one attached hydrogen (secondary N) is 3. The van der Waals surface area contributed by atoms with Crippen LogP contribution in [0.5, 0.6) is 0 Å². The van der Waals surface area contributed by atoms with Crippen LogP contribution >= 0.6 is 0 Å². The van der Waals surface area contributed by atoms with Crippen LogP contribution in [-0.2, 0) is 28.5 Å². The van der Waals surface area contributed by atoms with E-state index < -0.39 is 46.9 Å². The summed E-state index contributed by atoms with van der Waals surface area (Å²) < 4.78 is 71.4. The number of carbonyl (C=O) groups excluding carboxylic acids is 2. The summed E-state index contributed by atoms with van der Waals surface area (Å²) in [6.07, 6.45) is -5.25. The molecule has 0 saturated carbocycles. The molecule has 2 aromatic heterocycles. The van der Waals surface area contributed by atoms with Crippen molar-refractivity contribution >= 4 is 11.8 Å². The van der Waals surface area contributed by atoms with Crippen LogP contribution in [0.15, 0.2) is 48.5 Å². The predicted octanol–water partition coefficient (Wildman–Crippen LogP) is 4.22. The number of rotatable bonds is 16.